The van der Waals surface area contributed by atoms with Crippen LogP contribution >= 0.6 is 0 Å². The Bertz CT molecular complexity index is 213. The van der Waals surface area contributed by atoms with Gasteiger partial charge in [-0.05, 0) is 31.1 Å². The van der Waals surface area contributed by atoms with Crippen molar-refractivity contribution in [1.82, 2.24) is 0 Å². The number of rotatable bonds is 4. The lowest BCUT2D eigenvalue weighted by Gasteiger charge is -2.28. The Morgan fingerprint density at radius 1 is 1.64 bits per heavy atom. The summed E-state index contributed by atoms with van der Waals surface area (Å²) in [5.74, 6) is 1.06. The van der Waals surface area contributed by atoms with E-state index in [4.69, 9.17) is 10.0 Å². The average molecular weight is 194 g/mol. The number of hydrogen-bond acceptors (Lipinski definition) is 2. The van der Waals surface area contributed by atoms with E-state index < -0.39 is 7.12 Å². The van der Waals surface area contributed by atoms with Crippen LogP contribution in [-0.2, 0) is 0 Å². The minimum Gasteiger partial charge on any atom is -0.427 e. The second kappa shape index (κ2) is 5.37. The van der Waals surface area contributed by atoms with Crippen molar-refractivity contribution in [1.29, 1.82) is 0 Å². The molecular weight excluding hydrogens is 175 g/mol. The first kappa shape index (κ1) is 11.5. The maximum Gasteiger partial charge on any atom is 0.458 e. The summed E-state index contributed by atoms with van der Waals surface area (Å²) in [6.07, 6.45) is 8.86. The Kier molecular flexibility index (Phi) is 4.43. The highest BCUT2D eigenvalue weighted by molar-refractivity contribution is 6.43. The molecule has 0 aromatic carbocycles. The topological polar surface area (TPSA) is 40.5 Å². The monoisotopic (exact) mass is 194 g/mol. The summed E-state index contributed by atoms with van der Waals surface area (Å²) in [4.78, 5) is 0. The van der Waals surface area contributed by atoms with Crippen molar-refractivity contribution in [2.24, 2.45) is 11.8 Å². The molecule has 0 amide bonds. The maximum absolute atomic E-state index is 9.09. The van der Waals surface area contributed by atoms with Crippen molar-refractivity contribution >= 4 is 7.12 Å². The molecule has 0 heterocycles. The van der Waals surface area contributed by atoms with Crippen molar-refractivity contribution in [3.63, 3.8) is 0 Å². The molecular formula is C11H19BO2. The highest BCUT2D eigenvalue weighted by Crippen LogP contribution is 2.34. The molecule has 3 unspecified atom stereocenters. The van der Waals surface area contributed by atoms with Gasteiger partial charge in [-0.25, -0.2) is 0 Å². The largest absolute Gasteiger partial charge is 0.458 e. The van der Waals surface area contributed by atoms with E-state index in [1.54, 1.807) is 0 Å². The van der Waals surface area contributed by atoms with Crippen LogP contribution < -0.4 is 0 Å². The Morgan fingerprint density at radius 2 is 2.36 bits per heavy atom. The quantitative estimate of drug-likeness (QED) is 0.530. The molecule has 3 atom stereocenters. The van der Waals surface area contributed by atoms with Gasteiger partial charge < -0.3 is 10.0 Å². The zero-order valence-electron chi connectivity index (χ0n) is 8.76. The summed E-state index contributed by atoms with van der Waals surface area (Å²) >= 11 is 0. The van der Waals surface area contributed by atoms with Gasteiger partial charge in [-0.2, -0.15) is 0 Å². The van der Waals surface area contributed by atoms with Gasteiger partial charge in [0.15, 0.2) is 0 Å². The van der Waals surface area contributed by atoms with E-state index in [0.717, 1.165) is 19.3 Å². The first-order valence-electron chi connectivity index (χ1n) is 5.28. The highest BCUT2D eigenvalue weighted by atomic mass is 16.4. The van der Waals surface area contributed by atoms with E-state index in [2.05, 4.69) is 19.6 Å². The molecule has 2 N–H and O–H groups in total. The summed E-state index contributed by atoms with van der Waals surface area (Å²) in [5, 5.41) is 18.2. The van der Waals surface area contributed by atoms with Gasteiger partial charge in [0.25, 0.3) is 0 Å². The van der Waals surface area contributed by atoms with Gasteiger partial charge in [0, 0.05) is 5.82 Å². The van der Waals surface area contributed by atoms with E-state index in [9.17, 15) is 0 Å². The Labute approximate surface area is 86.5 Å². The Balaban J connectivity index is 2.50. The van der Waals surface area contributed by atoms with E-state index in [0.29, 0.717) is 11.8 Å². The molecule has 1 aliphatic rings. The van der Waals surface area contributed by atoms with Gasteiger partial charge in [-0.3, -0.25) is 0 Å². The third-order valence-corrected chi connectivity index (χ3v) is 3.12. The number of hydrogen-bond donors (Lipinski definition) is 2. The van der Waals surface area contributed by atoms with Crippen LogP contribution in [0.4, 0.5) is 0 Å². The predicted molar refractivity (Wildman–Crippen MR) is 59.8 cm³/mol. The smallest absolute Gasteiger partial charge is 0.427 e. The van der Waals surface area contributed by atoms with E-state index in [-0.39, 0.29) is 5.82 Å². The molecule has 0 spiro atoms. The van der Waals surface area contributed by atoms with Crippen LogP contribution in [-0.4, -0.2) is 17.2 Å². The van der Waals surface area contributed by atoms with Crippen molar-refractivity contribution in [3.05, 3.63) is 24.8 Å². The second-order valence-corrected chi connectivity index (χ2v) is 4.24. The van der Waals surface area contributed by atoms with Gasteiger partial charge in [-0.1, -0.05) is 25.2 Å². The second-order valence-electron chi connectivity index (χ2n) is 4.24. The van der Waals surface area contributed by atoms with Gasteiger partial charge in [0.2, 0.25) is 0 Å². The van der Waals surface area contributed by atoms with E-state index in [1.165, 1.54) is 0 Å². The molecule has 0 radical (unpaired) electrons. The standard InChI is InChI=1S/C11H19BO2/c1-3-5-9(2)10-6-4-7-11(8-10)12(13)14/h3-4,7,9-11,13-14H,1,5-6,8H2,2H3. The van der Waals surface area contributed by atoms with Gasteiger partial charge >= 0.3 is 7.12 Å². The summed E-state index contributed by atoms with van der Waals surface area (Å²) in [6.45, 7) is 5.93. The van der Waals surface area contributed by atoms with Gasteiger partial charge in [-0.15, -0.1) is 6.58 Å². The third kappa shape index (κ3) is 3.00. The van der Waals surface area contributed by atoms with Crippen molar-refractivity contribution in [2.45, 2.75) is 32.0 Å². The molecule has 1 rings (SSSR count). The Hall–Kier alpha value is -0.535. The lowest BCUT2D eigenvalue weighted by atomic mass is 9.63. The van der Waals surface area contributed by atoms with Crippen LogP contribution in [0.2, 0.25) is 5.82 Å². The van der Waals surface area contributed by atoms with Gasteiger partial charge in [0.05, 0.1) is 0 Å². The number of allylic oxidation sites excluding steroid dienone is 3. The molecule has 0 aliphatic heterocycles. The van der Waals surface area contributed by atoms with Crippen LogP contribution in [0.25, 0.3) is 0 Å². The molecule has 0 fully saturated rings. The SMILES string of the molecule is C=CCC(C)C1CC=CC(B(O)O)C1. The lowest BCUT2D eigenvalue weighted by Crippen LogP contribution is -2.25. The average Bonchev–Trinajstić information content (AvgIpc) is 2.18. The van der Waals surface area contributed by atoms with Gasteiger partial charge in [0.1, 0.15) is 0 Å². The Morgan fingerprint density at radius 3 is 2.93 bits per heavy atom. The zero-order chi connectivity index (χ0) is 10.6. The normalized spacial score (nSPS) is 28.5. The van der Waals surface area contributed by atoms with Crippen LogP contribution in [0.5, 0.6) is 0 Å². The van der Waals surface area contributed by atoms with E-state index >= 15 is 0 Å². The fourth-order valence-corrected chi connectivity index (χ4v) is 2.09. The lowest BCUT2D eigenvalue weighted by molar-refractivity contribution is 0.309. The molecule has 0 saturated heterocycles. The van der Waals surface area contributed by atoms with Crippen molar-refractivity contribution in [2.75, 3.05) is 0 Å². The molecule has 2 nitrogen and oxygen atoms in total. The first-order valence-corrected chi connectivity index (χ1v) is 5.28. The maximum atomic E-state index is 9.09. The molecule has 3 heteroatoms. The van der Waals surface area contributed by atoms with Crippen LogP contribution in [0.15, 0.2) is 24.8 Å². The molecule has 0 saturated carbocycles. The third-order valence-electron chi connectivity index (χ3n) is 3.12. The molecule has 14 heavy (non-hydrogen) atoms. The molecule has 0 aromatic heterocycles. The first-order chi connectivity index (χ1) is 6.65. The van der Waals surface area contributed by atoms with Crippen LogP contribution in [0.1, 0.15) is 26.2 Å². The van der Waals surface area contributed by atoms with Crippen LogP contribution in [0, 0.1) is 11.8 Å². The summed E-state index contributed by atoms with van der Waals surface area (Å²) in [7, 11) is -1.20. The highest BCUT2D eigenvalue weighted by Gasteiger charge is 2.28. The fraction of sp³-hybridized carbons (Fsp3) is 0.636. The fourth-order valence-electron chi connectivity index (χ4n) is 2.09. The zero-order valence-corrected chi connectivity index (χ0v) is 8.76. The van der Waals surface area contributed by atoms with Crippen molar-refractivity contribution < 1.29 is 10.0 Å². The summed E-state index contributed by atoms with van der Waals surface area (Å²) in [5.41, 5.74) is 0. The molecule has 0 aromatic rings. The minimum absolute atomic E-state index is 0.0824. The predicted octanol–water partition coefficient (Wildman–Crippen LogP) is 2.01. The molecule has 78 valence electrons. The van der Waals surface area contributed by atoms with E-state index in [1.807, 2.05) is 12.2 Å². The van der Waals surface area contributed by atoms with Crippen LogP contribution in [0.3, 0.4) is 0 Å². The summed E-state index contributed by atoms with van der Waals surface area (Å²) < 4.78 is 0. The minimum atomic E-state index is -1.20. The van der Waals surface area contributed by atoms with Crippen molar-refractivity contribution in [3.8, 4) is 0 Å². The molecule has 0 bridgehead atoms. The molecule has 1 aliphatic carbocycles. The summed E-state index contributed by atoms with van der Waals surface area (Å²) in [6, 6.07) is 0.